The van der Waals surface area contributed by atoms with Crippen LogP contribution in [0.3, 0.4) is 0 Å². The molecule has 1 aromatic rings. The highest BCUT2D eigenvalue weighted by molar-refractivity contribution is 5.42. The highest BCUT2D eigenvalue weighted by atomic mass is 16.6. The summed E-state index contributed by atoms with van der Waals surface area (Å²) in [5, 5.41) is 14.3. The van der Waals surface area contributed by atoms with E-state index in [1.165, 1.54) is 51.7 Å². The summed E-state index contributed by atoms with van der Waals surface area (Å²) in [7, 11) is 1.53. The van der Waals surface area contributed by atoms with Crippen LogP contribution in [-0.2, 0) is 6.54 Å². The third kappa shape index (κ3) is 5.01. The fraction of sp³-hybridized carbons (Fsp3) is 0.625. The Hall–Kier alpha value is -1.62. The van der Waals surface area contributed by atoms with Crippen molar-refractivity contribution in [3.63, 3.8) is 0 Å². The third-order valence-electron chi connectivity index (χ3n) is 4.18. The molecule has 0 heterocycles. The molecule has 0 aliphatic heterocycles. The van der Waals surface area contributed by atoms with Gasteiger partial charge in [-0.15, -0.1) is 0 Å². The van der Waals surface area contributed by atoms with Crippen LogP contribution >= 0.6 is 0 Å². The van der Waals surface area contributed by atoms with E-state index in [1.807, 2.05) is 6.07 Å². The second kappa shape index (κ2) is 7.98. The smallest absolute Gasteiger partial charge is 0.273 e. The summed E-state index contributed by atoms with van der Waals surface area (Å²) >= 11 is 0. The predicted molar refractivity (Wildman–Crippen MR) is 82.5 cm³/mol. The van der Waals surface area contributed by atoms with Gasteiger partial charge in [0.2, 0.25) is 0 Å². The van der Waals surface area contributed by atoms with Gasteiger partial charge in [-0.3, -0.25) is 10.1 Å². The monoisotopic (exact) mass is 292 g/mol. The van der Waals surface area contributed by atoms with Crippen molar-refractivity contribution in [2.75, 3.05) is 13.7 Å². The number of nitrogens with zero attached hydrogens (tertiary/aromatic N) is 1. The molecule has 1 saturated carbocycles. The molecule has 0 amide bonds. The lowest BCUT2D eigenvalue weighted by atomic mass is 9.87. The summed E-state index contributed by atoms with van der Waals surface area (Å²) in [6, 6.07) is 4.91. The van der Waals surface area contributed by atoms with Crippen molar-refractivity contribution < 1.29 is 9.66 Å². The zero-order valence-electron chi connectivity index (χ0n) is 12.6. The molecule has 21 heavy (non-hydrogen) atoms. The number of hydrogen-bond donors (Lipinski definition) is 1. The number of ether oxygens (including phenoxy) is 1. The fourth-order valence-corrected chi connectivity index (χ4v) is 2.98. The summed E-state index contributed by atoms with van der Waals surface area (Å²) in [5.41, 5.74) is 0.975. The molecule has 116 valence electrons. The molecule has 0 bridgehead atoms. The van der Waals surface area contributed by atoms with E-state index in [2.05, 4.69) is 5.32 Å². The maximum Gasteiger partial charge on any atom is 0.273 e. The molecule has 1 aromatic carbocycles. The molecule has 2 rings (SSSR count). The molecule has 5 heteroatoms. The van der Waals surface area contributed by atoms with Gasteiger partial charge < -0.3 is 10.1 Å². The van der Waals surface area contributed by atoms with Gasteiger partial charge >= 0.3 is 0 Å². The van der Waals surface area contributed by atoms with Gasteiger partial charge in [-0.25, -0.2) is 0 Å². The summed E-state index contributed by atoms with van der Waals surface area (Å²) < 4.78 is 5.11. The van der Waals surface area contributed by atoms with Crippen LogP contribution in [0.1, 0.15) is 44.1 Å². The number of nitro benzene ring substituents is 1. The molecule has 0 radical (unpaired) electrons. The van der Waals surface area contributed by atoms with Crippen LogP contribution in [0.2, 0.25) is 0 Å². The Labute approximate surface area is 125 Å². The van der Waals surface area contributed by atoms with E-state index in [0.29, 0.717) is 12.3 Å². The number of hydrogen-bond acceptors (Lipinski definition) is 4. The maximum absolute atomic E-state index is 10.9. The van der Waals surface area contributed by atoms with E-state index in [9.17, 15) is 10.1 Å². The molecular weight excluding hydrogens is 268 g/mol. The third-order valence-corrected chi connectivity index (χ3v) is 4.18. The van der Waals surface area contributed by atoms with E-state index < -0.39 is 0 Å². The average Bonchev–Trinajstić information content (AvgIpc) is 2.52. The number of methoxy groups -OCH3 is 1. The second-order valence-electron chi connectivity index (χ2n) is 5.77. The van der Waals surface area contributed by atoms with E-state index >= 15 is 0 Å². The molecule has 1 fully saturated rings. The highest BCUT2D eigenvalue weighted by Gasteiger charge is 2.13. The van der Waals surface area contributed by atoms with E-state index in [1.54, 1.807) is 6.07 Å². The SMILES string of the molecule is COc1cc(CNCCC2CCCCC2)cc([N+](=O)[O-])c1. The molecule has 0 saturated heterocycles. The van der Waals surface area contributed by atoms with E-state index in [0.717, 1.165) is 18.0 Å². The standard InChI is InChI=1S/C16H24N2O3/c1-21-16-10-14(9-15(11-16)18(19)20)12-17-8-7-13-5-3-2-4-6-13/h9-11,13,17H,2-8,12H2,1H3. The maximum atomic E-state index is 10.9. The quantitative estimate of drug-likeness (QED) is 0.473. The van der Waals surface area contributed by atoms with Gasteiger partial charge in [-0.2, -0.15) is 0 Å². The number of nitro groups is 1. The lowest BCUT2D eigenvalue weighted by Gasteiger charge is -2.21. The van der Waals surface area contributed by atoms with E-state index in [4.69, 9.17) is 4.74 Å². The van der Waals surface area contributed by atoms with Crippen molar-refractivity contribution in [1.82, 2.24) is 5.32 Å². The molecule has 5 nitrogen and oxygen atoms in total. The van der Waals surface area contributed by atoms with Crippen LogP contribution in [0.25, 0.3) is 0 Å². The Morgan fingerprint density at radius 1 is 1.29 bits per heavy atom. The van der Waals surface area contributed by atoms with Crippen LogP contribution in [0.5, 0.6) is 5.75 Å². The Morgan fingerprint density at radius 2 is 2.05 bits per heavy atom. The fourth-order valence-electron chi connectivity index (χ4n) is 2.98. The van der Waals surface area contributed by atoms with Crippen LogP contribution in [0.15, 0.2) is 18.2 Å². The van der Waals surface area contributed by atoms with Gasteiger partial charge in [0.05, 0.1) is 18.1 Å². The summed E-state index contributed by atoms with van der Waals surface area (Å²) in [6.07, 6.45) is 8.03. The van der Waals surface area contributed by atoms with Gasteiger partial charge in [0.1, 0.15) is 5.75 Å². The van der Waals surface area contributed by atoms with Crippen molar-refractivity contribution >= 4 is 5.69 Å². The molecule has 0 atom stereocenters. The predicted octanol–water partition coefficient (Wildman–Crippen LogP) is 3.66. The van der Waals surface area contributed by atoms with Crippen LogP contribution in [0, 0.1) is 16.0 Å². The van der Waals surface area contributed by atoms with Crippen molar-refractivity contribution in [2.45, 2.75) is 45.1 Å². The minimum absolute atomic E-state index is 0.0819. The van der Waals surface area contributed by atoms with Crippen molar-refractivity contribution in [3.05, 3.63) is 33.9 Å². The lowest BCUT2D eigenvalue weighted by Crippen LogP contribution is -2.19. The summed E-state index contributed by atoms with van der Waals surface area (Å²) in [6.45, 7) is 1.61. The van der Waals surface area contributed by atoms with Gasteiger partial charge in [0, 0.05) is 12.6 Å². The van der Waals surface area contributed by atoms with Crippen molar-refractivity contribution in [3.8, 4) is 5.75 Å². The van der Waals surface area contributed by atoms with Crippen molar-refractivity contribution in [1.29, 1.82) is 0 Å². The number of rotatable bonds is 7. The molecule has 0 aromatic heterocycles. The van der Waals surface area contributed by atoms with E-state index in [-0.39, 0.29) is 10.6 Å². The first kappa shape index (κ1) is 15.8. The molecule has 0 spiro atoms. The molecular formula is C16H24N2O3. The van der Waals surface area contributed by atoms with Gasteiger partial charge in [-0.1, -0.05) is 32.1 Å². The zero-order chi connectivity index (χ0) is 15.1. The first-order chi connectivity index (χ1) is 10.2. The normalized spacial score (nSPS) is 15.9. The minimum atomic E-state index is -0.381. The molecule has 0 unspecified atom stereocenters. The minimum Gasteiger partial charge on any atom is -0.496 e. The zero-order valence-corrected chi connectivity index (χ0v) is 12.6. The summed E-state index contributed by atoms with van der Waals surface area (Å²) in [5.74, 6) is 1.39. The number of non-ortho nitro benzene ring substituents is 1. The summed E-state index contributed by atoms with van der Waals surface area (Å²) in [4.78, 5) is 10.5. The van der Waals surface area contributed by atoms with Crippen LogP contribution in [0.4, 0.5) is 5.69 Å². The molecule has 1 aliphatic rings. The second-order valence-corrected chi connectivity index (χ2v) is 5.77. The first-order valence-corrected chi connectivity index (χ1v) is 7.72. The Balaban J connectivity index is 1.81. The Bertz CT molecular complexity index is 471. The van der Waals surface area contributed by atoms with Gasteiger partial charge in [0.15, 0.2) is 0 Å². The number of benzene rings is 1. The molecule has 1 N–H and O–H groups in total. The van der Waals surface area contributed by atoms with Crippen LogP contribution in [-0.4, -0.2) is 18.6 Å². The van der Waals surface area contributed by atoms with Crippen LogP contribution < -0.4 is 10.1 Å². The Morgan fingerprint density at radius 3 is 2.71 bits per heavy atom. The average molecular weight is 292 g/mol. The first-order valence-electron chi connectivity index (χ1n) is 7.72. The molecule has 1 aliphatic carbocycles. The largest absolute Gasteiger partial charge is 0.496 e. The topological polar surface area (TPSA) is 64.4 Å². The highest BCUT2D eigenvalue weighted by Crippen LogP contribution is 2.26. The van der Waals surface area contributed by atoms with Crippen molar-refractivity contribution in [2.24, 2.45) is 5.92 Å². The van der Waals surface area contributed by atoms with Gasteiger partial charge in [-0.05, 0) is 30.5 Å². The lowest BCUT2D eigenvalue weighted by molar-refractivity contribution is -0.385. The number of nitrogens with one attached hydrogen (secondary N) is 1. The Kier molecular flexibility index (Phi) is 5.99. The van der Waals surface area contributed by atoms with Gasteiger partial charge in [0.25, 0.3) is 5.69 Å².